The molecule has 242 valence electrons. The van der Waals surface area contributed by atoms with Gasteiger partial charge in [0.05, 0.1) is 17.4 Å². The predicted molar refractivity (Wildman–Crippen MR) is 170 cm³/mol. The molecule has 7 rings (SSSR count). The first-order valence-corrected chi connectivity index (χ1v) is 15.8. The molecule has 2 aromatic carbocycles. The lowest BCUT2D eigenvalue weighted by Crippen LogP contribution is -2.52. The molecule has 2 aromatic heterocycles. The Kier molecular flexibility index (Phi) is 8.58. The number of nitrogens with zero attached hydrogens (tertiary/aromatic N) is 4. The highest BCUT2D eigenvalue weighted by atomic mass is 16.6. The number of hydrogen-bond donors (Lipinski definition) is 6. The Hall–Kier alpha value is -4.14. The minimum atomic E-state index is -1.30. The van der Waals surface area contributed by atoms with Gasteiger partial charge in [-0.25, -0.2) is 19.7 Å². The number of benzene rings is 2. The molecule has 6 atom stereocenters. The van der Waals surface area contributed by atoms with Gasteiger partial charge in [0.2, 0.25) is 0 Å². The van der Waals surface area contributed by atoms with Gasteiger partial charge in [-0.05, 0) is 49.9 Å². The Bertz CT molecular complexity index is 1630. The van der Waals surface area contributed by atoms with Crippen LogP contribution in [-0.2, 0) is 22.3 Å². The first-order valence-electron chi connectivity index (χ1n) is 15.8. The van der Waals surface area contributed by atoms with Gasteiger partial charge >= 0.3 is 6.09 Å². The highest BCUT2D eigenvalue weighted by molar-refractivity contribution is 5.83. The van der Waals surface area contributed by atoms with Crippen LogP contribution in [0.3, 0.4) is 0 Å². The molecule has 3 saturated heterocycles. The Morgan fingerprint density at radius 3 is 2.22 bits per heavy atom. The van der Waals surface area contributed by atoms with Crippen LogP contribution in [0.4, 0.5) is 10.6 Å². The van der Waals surface area contributed by atoms with Gasteiger partial charge in [-0.2, -0.15) is 0 Å². The van der Waals surface area contributed by atoms with Gasteiger partial charge in [0, 0.05) is 13.1 Å². The van der Waals surface area contributed by atoms with Crippen LogP contribution in [0.15, 0.2) is 73.3 Å². The zero-order valence-corrected chi connectivity index (χ0v) is 25.5. The monoisotopic (exact) mass is 628 g/mol. The van der Waals surface area contributed by atoms with Crippen LogP contribution < -0.4 is 21.3 Å². The summed E-state index contributed by atoms with van der Waals surface area (Å²) < 4.78 is 13.2. The van der Waals surface area contributed by atoms with E-state index in [4.69, 9.17) is 9.47 Å². The lowest BCUT2D eigenvalue weighted by molar-refractivity contribution is -0.0538. The highest BCUT2D eigenvalue weighted by Gasteiger charge is 2.45. The van der Waals surface area contributed by atoms with E-state index in [1.54, 1.807) is 4.57 Å². The third-order valence-corrected chi connectivity index (χ3v) is 9.36. The van der Waals surface area contributed by atoms with Crippen LogP contribution in [0.5, 0.6) is 0 Å². The van der Waals surface area contributed by atoms with Crippen molar-refractivity contribution < 1.29 is 24.5 Å². The van der Waals surface area contributed by atoms with Crippen LogP contribution in [-0.4, -0.2) is 98.0 Å². The molecule has 13 nitrogen and oxygen atoms in total. The highest BCUT2D eigenvalue weighted by Crippen LogP contribution is 2.34. The van der Waals surface area contributed by atoms with E-state index >= 15 is 0 Å². The predicted octanol–water partition coefficient (Wildman–Crippen LogP) is 1.53. The van der Waals surface area contributed by atoms with Gasteiger partial charge < -0.3 is 41.0 Å². The number of aliphatic hydroxyl groups excluding tert-OH is 2. The second-order valence-electron chi connectivity index (χ2n) is 12.7. The van der Waals surface area contributed by atoms with Crippen molar-refractivity contribution in [2.75, 3.05) is 38.1 Å². The Morgan fingerprint density at radius 1 is 0.913 bits per heavy atom. The van der Waals surface area contributed by atoms with E-state index in [2.05, 4.69) is 48.4 Å². The lowest BCUT2D eigenvalue weighted by atomic mass is 9.90. The molecule has 6 N–H and O–H groups in total. The molecule has 0 aliphatic carbocycles. The van der Waals surface area contributed by atoms with Crippen molar-refractivity contribution in [1.82, 2.24) is 35.5 Å². The van der Waals surface area contributed by atoms with E-state index in [-0.39, 0.29) is 12.1 Å². The van der Waals surface area contributed by atoms with Crippen LogP contribution in [0.1, 0.15) is 30.2 Å². The number of ether oxygens (including phenoxy) is 2. The van der Waals surface area contributed by atoms with Gasteiger partial charge in [-0.1, -0.05) is 60.7 Å². The summed E-state index contributed by atoms with van der Waals surface area (Å²) in [5.41, 5.74) is 2.58. The van der Waals surface area contributed by atoms with Gasteiger partial charge in [0.25, 0.3) is 0 Å². The Morgan fingerprint density at radius 2 is 1.57 bits per heavy atom. The van der Waals surface area contributed by atoms with Gasteiger partial charge in [0.1, 0.15) is 31.2 Å². The van der Waals surface area contributed by atoms with Gasteiger partial charge in [-0.3, -0.25) is 4.57 Å². The van der Waals surface area contributed by atoms with Crippen LogP contribution in [0, 0.1) is 0 Å². The second kappa shape index (κ2) is 12.9. The molecule has 0 spiro atoms. The number of anilines is 1. The molecule has 3 aliphatic rings. The van der Waals surface area contributed by atoms with Crippen molar-refractivity contribution in [3.8, 4) is 0 Å². The minimum Gasteiger partial charge on any atom is -0.447 e. The number of amides is 1. The fourth-order valence-corrected chi connectivity index (χ4v) is 6.95. The summed E-state index contributed by atoms with van der Waals surface area (Å²) in [5, 5.41) is 35.4. The zero-order valence-electron chi connectivity index (χ0n) is 25.5. The number of carbonyl (C=O) groups excluding carboxylic acids is 1. The summed E-state index contributed by atoms with van der Waals surface area (Å²) in [7, 11) is 0. The van der Waals surface area contributed by atoms with Crippen molar-refractivity contribution in [3.63, 3.8) is 0 Å². The normalized spacial score (nSPS) is 29.3. The lowest BCUT2D eigenvalue weighted by Gasteiger charge is -2.30. The van der Waals surface area contributed by atoms with Gasteiger partial charge in [-0.15, -0.1) is 0 Å². The molecule has 0 unspecified atom stereocenters. The minimum absolute atomic E-state index is 0.237. The average molecular weight is 629 g/mol. The van der Waals surface area contributed by atoms with E-state index < -0.39 is 36.2 Å². The fraction of sp³-hybridized carbons (Fsp3) is 0.455. The number of aliphatic hydroxyl groups is 2. The summed E-state index contributed by atoms with van der Waals surface area (Å²) in [6, 6.07) is 20.3. The molecule has 46 heavy (non-hydrogen) atoms. The molecule has 4 aromatic rings. The van der Waals surface area contributed by atoms with Crippen LogP contribution in [0.2, 0.25) is 0 Å². The van der Waals surface area contributed by atoms with E-state index in [1.165, 1.54) is 18.2 Å². The first-order chi connectivity index (χ1) is 22.4. The third kappa shape index (κ3) is 6.29. The second-order valence-corrected chi connectivity index (χ2v) is 12.7. The number of rotatable bonds is 10. The standard InChI is InChI=1S/C33H40N8O5/c42-26-24(17-45-31(44)40-33(12-14-35-19-33)16-23-9-5-2-6-10-23)46-30(27(26)43)41-21-38-25-28(36-20-37-29(25)41)39-32(11-13-34-18-32)15-22-7-3-1-4-8-22/h1-10,20-21,24,26-27,30,34-35,42-43H,11-19H2,(H,40,44)(H,36,37,39)/t24-,26-,27-,30-,32+,33+/m1/s1. The van der Waals surface area contributed by atoms with Crippen molar-refractivity contribution >= 4 is 23.1 Å². The summed E-state index contributed by atoms with van der Waals surface area (Å²) >= 11 is 0. The molecular formula is C33H40N8O5. The number of carbonyl (C=O) groups is 1. The number of fused-ring (bicyclic) bond motifs is 1. The zero-order chi connectivity index (χ0) is 31.6. The maximum absolute atomic E-state index is 12.9. The Labute approximate surface area is 266 Å². The van der Waals surface area contributed by atoms with E-state index in [9.17, 15) is 15.0 Å². The van der Waals surface area contributed by atoms with Crippen molar-refractivity contribution in [3.05, 3.63) is 84.4 Å². The number of nitrogens with one attached hydrogen (secondary N) is 4. The molecule has 1 amide bonds. The molecule has 3 aliphatic heterocycles. The van der Waals surface area contributed by atoms with Crippen molar-refractivity contribution in [1.29, 1.82) is 0 Å². The van der Waals surface area contributed by atoms with Crippen molar-refractivity contribution in [2.24, 2.45) is 0 Å². The van der Waals surface area contributed by atoms with E-state index in [1.807, 2.05) is 48.5 Å². The van der Waals surface area contributed by atoms with Crippen molar-refractivity contribution in [2.45, 2.75) is 61.3 Å². The Balaban J connectivity index is 1.02. The van der Waals surface area contributed by atoms with E-state index in [0.29, 0.717) is 29.9 Å². The largest absolute Gasteiger partial charge is 0.447 e. The number of aromatic nitrogens is 4. The number of imidazole rings is 1. The maximum Gasteiger partial charge on any atom is 0.407 e. The molecule has 0 saturated carbocycles. The van der Waals surface area contributed by atoms with Crippen LogP contribution >= 0.6 is 0 Å². The maximum atomic E-state index is 12.9. The molecule has 13 heteroatoms. The van der Waals surface area contributed by atoms with E-state index in [0.717, 1.165) is 44.5 Å². The molecule has 5 heterocycles. The molecular weight excluding hydrogens is 588 g/mol. The quantitative estimate of drug-likeness (QED) is 0.151. The SMILES string of the molecule is O=C(N[C@]1(Cc2ccccc2)CCNC1)OC[C@H]1O[C@@H](n2cnc3c(N[C@]4(Cc5ccccc5)CCNC4)ncnc32)[C@H](O)[C@@H]1O. The van der Waals surface area contributed by atoms with Gasteiger partial charge in [0.15, 0.2) is 23.2 Å². The molecule has 3 fully saturated rings. The first kappa shape index (κ1) is 30.5. The van der Waals surface area contributed by atoms with Crippen LogP contribution in [0.25, 0.3) is 11.2 Å². The summed E-state index contributed by atoms with van der Waals surface area (Å²) in [6.45, 7) is 2.82. The third-order valence-electron chi connectivity index (χ3n) is 9.36. The average Bonchev–Trinajstić information content (AvgIpc) is 3.87. The molecule has 0 radical (unpaired) electrons. The summed E-state index contributed by atoms with van der Waals surface area (Å²) in [4.78, 5) is 26.5. The molecule has 0 bridgehead atoms. The topological polar surface area (TPSA) is 168 Å². The smallest absolute Gasteiger partial charge is 0.407 e. The fourth-order valence-electron chi connectivity index (χ4n) is 6.95. The number of hydrogen-bond acceptors (Lipinski definition) is 11. The summed E-state index contributed by atoms with van der Waals surface area (Å²) in [5.74, 6) is 0.582. The summed E-state index contributed by atoms with van der Waals surface area (Å²) in [6.07, 6.45) is 0.982. The number of alkyl carbamates (subject to hydrolysis) is 1.